The van der Waals surface area contributed by atoms with Crippen molar-refractivity contribution >= 4 is 0 Å². The Labute approximate surface area is 110 Å². The van der Waals surface area contributed by atoms with Gasteiger partial charge in [0.2, 0.25) is 0 Å². The SMILES string of the molecule is Cc1cc(C(C)NCC2CCC(C)(C)O2)c(C)o1. The molecular formula is C15H25NO2. The van der Waals surface area contributed by atoms with Crippen molar-refractivity contribution in [2.45, 2.75) is 65.2 Å². The van der Waals surface area contributed by atoms with Crippen molar-refractivity contribution in [3.63, 3.8) is 0 Å². The fraction of sp³-hybridized carbons (Fsp3) is 0.733. The molecule has 1 aromatic heterocycles. The lowest BCUT2D eigenvalue weighted by molar-refractivity contribution is -0.0150. The van der Waals surface area contributed by atoms with Crippen LogP contribution in [0.1, 0.15) is 56.7 Å². The molecule has 0 aliphatic carbocycles. The van der Waals surface area contributed by atoms with Gasteiger partial charge < -0.3 is 14.5 Å². The highest BCUT2D eigenvalue weighted by Crippen LogP contribution is 2.29. The second kappa shape index (κ2) is 5.06. The van der Waals surface area contributed by atoms with Crippen LogP contribution in [-0.2, 0) is 4.74 Å². The summed E-state index contributed by atoms with van der Waals surface area (Å²) in [6, 6.07) is 2.43. The molecule has 1 aliphatic heterocycles. The van der Waals surface area contributed by atoms with Crippen LogP contribution in [0.15, 0.2) is 10.5 Å². The molecule has 2 unspecified atom stereocenters. The quantitative estimate of drug-likeness (QED) is 0.889. The number of hydrogen-bond donors (Lipinski definition) is 1. The monoisotopic (exact) mass is 251 g/mol. The minimum atomic E-state index is 0.0533. The Hall–Kier alpha value is -0.800. The highest BCUT2D eigenvalue weighted by atomic mass is 16.5. The smallest absolute Gasteiger partial charge is 0.105 e. The van der Waals surface area contributed by atoms with Gasteiger partial charge in [-0.05, 0) is 53.5 Å². The van der Waals surface area contributed by atoms with Crippen LogP contribution in [0, 0.1) is 13.8 Å². The fourth-order valence-electron chi connectivity index (χ4n) is 2.72. The molecule has 1 fully saturated rings. The van der Waals surface area contributed by atoms with Gasteiger partial charge in [0.05, 0.1) is 11.7 Å². The third kappa shape index (κ3) is 3.15. The lowest BCUT2D eigenvalue weighted by atomic mass is 10.1. The van der Waals surface area contributed by atoms with Crippen LogP contribution >= 0.6 is 0 Å². The van der Waals surface area contributed by atoms with Crippen molar-refractivity contribution in [1.82, 2.24) is 5.32 Å². The van der Waals surface area contributed by atoms with E-state index in [0.717, 1.165) is 30.9 Å². The standard InChI is InChI=1S/C15H25NO2/c1-10-8-14(12(3)17-10)11(2)16-9-13-6-7-15(4,5)18-13/h8,11,13,16H,6-7,9H2,1-5H3. The third-order valence-corrected chi connectivity index (χ3v) is 3.75. The topological polar surface area (TPSA) is 34.4 Å². The van der Waals surface area contributed by atoms with E-state index < -0.39 is 0 Å². The average Bonchev–Trinajstić information content (AvgIpc) is 2.78. The first-order valence-electron chi connectivity index (χ1n) is 6.85. The molecule has 3 heteroatoms. The van der Waals surface area contributed by atoms with E-state index in [1.165, 1.54) is 5.56 Å². The predicted molar refractivity (Wildman–Crippen MR) is 72.8 cm³/mol. The minimum Gasteiger partial charge on any atom is -0.466 e. The van der Waals surface area contributed by atoms with E-state index in [-0.39, 0.29) is 5.60 Å². The lowest BCUT2D eigenvalue weighted by Crippen LogP contribution is -2.31. The zero-order valence-electron chi connectivity index (χ0n) is 12.2. The Balaban J connectivity index is 1.86. The molecule has 0 spiro atoms. The number of furan rings is 1. The van der Waals surface area contributed by atoms with Crippen LogP contribution in [0.4, 0.5) is 0 Å². The van der Waals surface area contributed by atoms with Gasteiger partial charge in [-0.3, -0.25) is 0 Å². The zero-order chi connectivity index (χ0) is 13.3. The van der Waals surface area contributed by atoms with E-state index in [2.05, 4.69) is 32.2 Å². The second-order valence-electron chi connectivity index (χ2n) is 6.04. The molecule has 0 bridgehead atoms. The molecule has 0 aromatic carbocycles. The molecule has 2 rings (SSSR count). The van der Waals surface area contributed by atoms with Crippen molar-refractivity contribution in [2.75, 3.05) is 6.54 Å². The Morgan fingerprint density at radius 1 is 1.44 bits per heavy atom. The molecule has 0 radical (unpaired) electrons. The molecule has 2 atom stereocenters. The van der Waals surface area contributed by atoms with Crippen molar-refractivity contribution in [1.29, 1.82) is 0 Å². The van der Waals surface area contributed by atoms with Crippen LogP contribution in [0.25, 0.3) is 0 Å². The third-order valence-electron chi connectivity index (χ3n) is 3.75. The fourth-order valence-corrected chi connectivity index (χ4v) is 2.72. The average molecular weight is 251 g/mol. The normalized spacial score (nSPS) is 24.4. The van der Waals surface area contributed by atoms with Crippen molar-refractivity contribution in [3.05, 3.63) is 23.2 Å². The Kier molecular flexibility index (Phi) is 3.83. The van der Waals surface area contributed by atoms with Gasteiger partial charge >= 0.3 is 0 Å². The molecule has 0 saturated carbocycles. The molecule has 0 amide bonds. The van der Waals surface area contributed by atoms with Gasteiger partial charge in [-0.15, -0.1) is 0 Å². The van der Waals surface area contributed by atoms with E-state index in [9.17, 15) is 0 Å². The second-order valence-corrected chi connectivity index (χ2v) is 6.04. The van der Waals surface area contributed by atoms with Gasteiger partial charge in [0, 0.05) is 18.2 Å². The molecule has 3 nitrogen and oxygen atoms in total. The van der Waals surface area contributed by atoms with Crippen molar-refractivity contribution < 1.29 is 9.15 Å². The van der Waals surface area contributed by atoms with Gasteiger partial charge in [-0.2, -0.15) is 0 Å². The van der Waals surface area contributed by atoms with Gasteiger partial charge in [0.1, 0.15) is 11.5 Å². The molecule has 1 N–H and O–H groups in total. The predicted octanol–water partition coefficient (Wildman–Crippen LogP) is 3.50. The van der Waals surface area contributed by atoms with E-state index in [1.807, 2.05) is 13.8 Å². The number of nitrogens with one attached hydrogen (secondary N) is 1. The Morgan fingerprint density at radius 3 is 2.67 bits per heavy atom. The molecule has 1 saturated heterocycles. The Morgan fingerprint density at radius 2 is 2.17 bits per heavy atom. The number of rotatable bonds is 4. The van der Waals surface area contributed by atoms with Gasteiger partial charge in [0.25, 0.3) is 0 Å². The summed E-state index contributed by atoms with van der Waals surface area (Å²) in [5, 5.41) is 3.55. The summed E-state index contributed by atoms with van der Waals surface area (Å²) >= 11 is 0. The van der Waals surface area contributed by atoms with Crippen LogP contribution in [0.3, 0.4) is 0 Å². The summed E-state index contributed by atoms with van der Waals surface area (Å²) in [7, 11) is 0. The van der Waals surface area contributed by atoms with Crippen LogP contribution in [-0.4, -0.2) is 18.2 Å². The summed E-state index contributed by atoms with van der Waals surface area (Å²) in [6.07, 6.45) is 2.64. The van der Waals surface area contributed by atoms with E-state index in [0.29, 0.717) is 12.1 Å². The van der Waals surface area contributed by atoms with Crippen LogP contribution < -0.4 is 5.32 Å². The maximum atomic E-state index is 5.98. The minimum absolute atomic E-state index is 0.0533. The van der Waals surface area contributed by atoms with E-state index >= 15 is 0 Å². The number of aryl methyl sites for hydroxylation is 2. The summed E-state index contributed by atoms with van der Waals surface area (Å²) < 4.78 is 11.6. The number of ether oxygens (including phenoxy) is 1. The maximum absolute atomic E-state index is 5.98. The number of hydrogen-bond acceptors (Lipinski definition) is 3. The Bertz CT molecular complexity index is 409. The zero-order valence-corrected chi connectivity index (χ0v) is 12.2. The molecule has 18 heavy (non-hydrogen) atoms. The highest BCUT2D eigenvalue weighted by Gasteiger charge is 2.31. The molecule has 1 aromatic rings. The van der Waals surface area contributed by atoms with Crippen molar-refractivity contribution in [3.8, 4) is 0 Å². The molecule has 1 aliphatic rings. The molecule has 102 valence electrons. The van der Waals surface area contributed by atoms with Crippen LogP contribution in [0.2, 0.25) is 0 Å². The first-order valence-corrected chi connectivity index (χ1v) is 6.85. The highest BCUT2D eigenvalue weighted by molar-refractivity contribution is 5.23. The summed E-state index contributed by atoms with van der Waals surface area (Å²) in [5.41, 5.74) is 1.31. The maximum Gasteiger partial charge on any atom is 0.105 e. The lowest BCUT2D eigenvalue weighted by Gasteiger charge is -2.21. The largest absolute Gasteiger partial charge is 0.466 e. The van der Waals surface area contributed by atoms with Crippen LogP contribution in [0.5, 0.6) is 0 Å². The summed E-state index contributed by atoms with van der Waals surface area (Å²) in [6.45, 7) is 11.4. The van der Waals surface area contributed by atoms with Crippen molar-refractivity contribution in [2.24, 2.45) is 0 Å². The first-order chi connectivity index (χ1) is 8.37. The van der Waals surface area contributed by atoms with E-state index in [1.54, 1.807) is 0 Å². The molecule has 2 heterocycles. The van der Waals surface area contributed by atoms with Gasteiger partial charge in [0.15, 0.2) is 0 Å². The molecular weight excluding hydrogens is 226 g/mol. The van der Waals surface area contributed by atoms with Gasteiger partial charge in [-0.1, -0.05) is 0 Å². The van der Waals surface area contributed by atoms with Gasteiger partial charge in [-0.25, -0.2) is 0 Å². The summed E-state index contributed by atoms with van der Waals surface area (Å²) in [5.74, 6) is 1.99. The van der Waals surface area contributed by atoms with E-state index in [4.69, 9.17) is 9.15 Å². The first kappa shape index (κ1) is 13.6. The summed E-state index contributed by atoms with van der Waals surface area (Å²) in [4.78, 5) is 0.